The number of anilines is 2. The quantitative estimate of drug-likeness (QED) is 0.744. The predicted molar refractivity (Wildman–Crippen MR) is 71.7 cm³/mol. The highest BCUT2D eigenvalue weighted by Gasteiger charge is 2.05. The Labute approximate surface area is 105 Å². The summed E-state index contributed by atoms with van der Waals surface area (Å²) in [7, 11) is 0. The number of hydrogen-bond donors (Lipinski definition) is 1. The lowest BCUT2D eigenvalue weighted by Crippen LogP contribution is -1.88. The highest BCUT2D eigenvalue weighted by Crippen LogP contribution is 2.23. The van der Waals surface area contributed by atoms with Gasteiger partial charge in [-0.15, -0.1) is 0 Å². The first-order valence-corrected chi connectivity index (χ1v) is 5.76. The Morgan fingerprint density at radius 3 is 2.22 bits per heavy atom. The van der Waals surface area contributed by atoms with Crippen LogP contribution in [-0.2, 0) is 0 Å². The zero-order valence-corrected chi connectivity index (χ0v) is 9.71. The van der Waals surface area contributed by atoms with Crippen molar-refractivity contribution in [2.45, 2.75) is 0 Å². The van der Waals surface area contributed by atoms with Gasteiger partial charge in [0.1, 0.15) is 0 Å². The second kappa shape index (κ2) is 4.75. The van der Waals surface area contributed by atoms with Crippen molar-refractivity contribution in [1.82, 2.24) is 5.16 Å². The highest BCUT2D eigenvalue weighted by molar-refractivity contribution is 5.64. The van der Waals surface area contributed by atoms with Crippen LogP contribution in [0.4, 0.5) is 11.5 Å². The van der Waals surface area contributed by atoms with Crippen LogP contribution >= 0.6 is 0 Å². The van der Waals surface area contributed by atoms with Gasteiger partial charge in [-0.3, -0.25) is 0 Å². The molecule has 0 aliphatic rings. The van der Waals surface area contributed by atoms with Gasteiger partial charge in [0.05, 0.1) is 0 Å². The summed E-state index contributed by atoms with van der Waals surface area (Å²) in [6.45, 7) is 0. The Kier molecular flexibility index (Phi) is 2.80. The molecule has 0 radical (unpaired) electrons. The lowest BCUT2D eigenvalue weighted by Gasteiger charge is -1.99. The smallest absolute Gasteiger partial charge is 0.174 e. The van der Waals surface area contributed by atoms with Crippen molar-refractivity contribution in [2.24, 2.45) is 0 Å². The lowest BCUT2D eigenvalue weighted by molar-refractivity contribution is 0.435. The molecule has 0 bridgehead atoms. The van der Waals surface area contributed by atoms with E-state index in [9.17, 15) is 0 Å². The third-order valence-corrected chi connectivity index (χ3v) is 2.61. The van der Waals surface area contributed by atoms with Crippen molar-refractivity contribution in [3.8, 4) is 11.3 Å². The van der Waals surface area contributed by atoms with Crippen molar-refractivity contribution in [1.29, 1.82) is 0 Å². The molecule has 3 heteroatoms. The molecule has 18 heavy (non-hydrogen) atoms. The summed E-state index contributed by atoms with van der Waals surface area (Å²) in [6, 6.07) is 21.7. The second-order valence-corrected chi connectivity index (χ2v) is 3.93. The average molecular weight is 236 g/mol. The van der Waals surface area contributed by atoms with Crippen molar-refractivity contribution in [2.75, 3.05) is 5.32 Å². The Morgan fingerprint density at radius 2 is 1.50 bits per heavy atom. The van der Waals surface area contributed by atoms with Gasteiger partial charge < -0.3 is 9.84 Å². The predicted octanol–water partition coefficient (Wildman–Crippen LogP) is 4.09. The molecule has 0 aliphatic heterocycles. The Bertz CT molecular complexity index is 617. The topological polar surface area (TPSA) is 38.1 Å². The summed E-state index contributed by atoms with van der Waals surface area (Å²) < 4.78 is 5.31. The Morgan fingerprint density at radius 1 is 0.833 bits per heavy atom. The normalized spacial score (nSPS) is 10.2. The second-order valence-electron chi connectivity index (χ2n) is 3.93. The summed E-state index contributed by atoms with van der Waals surface area (Å²) in [5.74, 6) is 1.47. The summed E-state index contributed by atoms with van der Waals surface area (Å²) >= 11 is 0. The largest absolute Gasteiger partial charge is 0.354 e. The molecule has 0 spiro atoms. The minimum absolute atomic E-state index is 0.708. The zero-order chi connectivity index (χ0) is 12.2. The fourth-order valence-electron chi connectivity index (χ4n) is 1.74. The maximum atomic E-state index is 5.31. The summed E-state index contributed by atoms with van der Waals surface area (Å²) in [4.78, 5) is 0. The monoisotopic (exact) mass is 236 g/mol. The van der Waals surface area contributed by atoms with Gasteiger partial charge in [0.2, 0.25) is 0 Å². The number of hydrogen-bond acceptors (Lipinski definition) is 3. The molecule has 0 saturated carbocycles. The molecule has 3 nitrogen and oxygen atoms in total. The van der Waals surface area contributed by atoms with E-state index in [-0.39, 0.29) is 0 Å². The number of nitrogens with zero attached hydrogens (tertiary/aromatic N) is 1. The SMILES string of the molecule is c1ccc(Nc2cc(-c3ccccc3)on2)cc1. The average Bonchev–Trinajstić information content (AvgIpc) is 2.89. The molecular weight excluding hydrogens is 224 g/mol. The van der Waals surface area contributed by atoms with Crippen LogP contribution < -0.4 is 5.32 Å². The van der Waals surface area contributed by atoms with Crippen molar-refractivity contribution < 1.29 is 4.52 Å². The van der Waals surface area contributed by atoms with Gasteiger partial charge in [-0.25, -0.2) is 0 Å². The van der Waals surface area contributed by atoms with Gasteiger partial charge in [0.25, 0.3) is 0 Å². The Balaban J connectivity index is 1.82. The molecule has 0 amide bonds. The number of nitrogens with one attached hydrogen (secondary N) is 1. The van der Waals surface area contributed by atoms with E-state index in [4.69, 9.17) is 4.52 Å². The zero-order valence-electron chi connectivity index (χ0n) is 9.71. The molecule has 3 rings (SSSR count). The van der Waals surface area contributed by atoms with Crippen LogP contribution in [0.1, 0.15) is 0 Å². The van der Waals surface area contributed by atoms with Crippen molar-refractivity contribution >= 4 is 11.5 Å². The fourth-order valence-corrected chi connectivity index (χ4v) is 1.74. The van der Waals surface area contributed by atoms with Gasteiger partial charge in [-0.1, -0.05) is 53.7 Å². The van der Waals surface area contributed by atoms with Crippen LogP contribution in [0.25, 0.3) is 11.3 Å². The third kappa shape index (κ3) is 2.25. The fraction of sp³-hybridized carbons (Fsp3) is 0. The van der Waals surface area contributed by atoms with Crippen LogP contribution in [0.5, 0.6) is 0 Å². The summed E-state index contributed by atoms with van der Waals surface area (Å²) in [5.41, 5.74) is 2.01. The molecule has 1 aromatic heterocycles. The third-order valence-electron chi connectivity index (χ3n) is 2.61. The van der Waals surface area contributed by atoms with Crippen LogP contribution in [0, 0.1) is 0 Å². The van der Waals surface area contributed by atoms with Gasteiger partial charge >= 0.3 is 0 Å². The maximum Gasteiger partial charge on any atom is 0.174 e. The van der Waals surface area contributed by atoms with E-state index in [1.54, 1.807) is 0 Å². The molecule has 0 unspecified atom stereocenters. The molecular formula is C15H12N2O. The van der Waals surface area contributed by atoms with Gasteiger partial charge in [0, 0.05) is 17.3 Å². The van der Waals surface area contributed by atoms with Gasteiger partial charge in [0.15, 0.2) is 11.6 Å². The number of para-hydroxylation sites is 1. The standard InChI is InChI=1S/C15H12N2O/c1-3-7-12(8-4-1)14-11-15(17-18-14)16-13-9-5-2-6-10-13/h1-11H,(H,16,17). The molecule has 1 N–H and O–H groups in total. The first kappa shape index (κ1) is 10.6. The minimum Gasteiger partial charge on any atom is -0.354 e. The van der Waals surface area contributed by atoms with Crippen LogP contribution in [0.3, 0.4) is 0 Å². The molecule has 0 aliphatic carbocycles. The first-order chi connectivity index (χ1) is 8.92. The molecule has 0 atom stereocenters. The summed E-state index contributed by atoms with van der Waals surface area (Å²) in [5, 5.41) is 7.19. The molecule has 0 saturated heterocycles. The van der Waals surface area contributed by atoms with E-state index in [1.807, 2.05) is 66.7 Å². The van der Waals surface area contributed by atoms with Crippen molar-refractivity contribution in [3.63, 3.8) is 0 Å². The van der Waals surface area contributed by atoms with Crippen LogP contribution in [0.2, 0.25) is 0 Å². The van der Waals surface area contributed by atoms with E-state index in [2.05, 4.69) is 10.5 Å². The van der Waals surface area contributed by atoms with Gasteiger partial charge in [-0.05, 0) is 12.1 Å². The number of aromatic nitrogens is 1. The summed E-state index contributed by atoms with van der Waals surface area (Å²) in [6.07, 6.45) is 0. The van der Waals surface area contributed by atoms with E-state index in [0.717, 1.165) is 17.0 Å². The van der Waals surface area contributed by atoms with E-state index in [1.165, 1.54) is 0 Å². The first-order valence-electron chi connectivity index (χ1n) is 5.76. The van der Waals surface area contributed by atoms with Crippen LogP contribution in [-0.4, -0.2) is 5.16 Å². The van der Waals surface area contributed by atoms with Crippen LogP contribution in [0.15, 0.2) is 71.3 Å². The molecule has 2 aromatic carbocycles. The Hall–Kier alpha value is -2.55. The number of benzene rings is 2. The van der Waals surface area contributed by atoms with E-state index in [0.29, 0.717) is 5.82 Å². The molecule has 88 valence electrons. The molecule has 3 aromatic rings. The minimum atomic E-state index is 0.708. The van der Waals surface area contributed by atoms with Crippen molar-refractivity contribution in [3.05, 3.63) is 66.7 Å². The number of rotatable bonds is 3. The molecule has 0 fully saturated rings. The van der Waals surface area contributed by atoms with Gasteiger partial charge in [-0.2, -0.15) is 0 Å². The highest BCUT2D eigenvalue weighted by atomic mass is 16.5. The van der Waals surface area contributed by atoms with E-state index >= 15 is 0 Å². The maximum absolute atomic E-state index is 5.31. The molecule has 1 heterocycles. The van der Waals surface area contributed by atoms with E-state index < -0.39 is 0 Å². The lowest BCUT2D eigenvalue weighted by atomic mass is 10.2.